The molecule has 12 heteroatoms. The molecule has 0 bridgehead atoms. The van der Waals surface area contributed by atoms with Crippen LogP contribution in [-0.4, -0.2) is 64.4 Å². The molecule has 0 aliphatic rings. The lowest BCUT2D eigenvalue weighted by molar-refractivity contribution is -0.393. The van der Waals surface area contributed by atoms with Crippen LogP contribution in [0.5, 0.6) is 0 Å². The third-order valence-electron chi connectivity index (χ3n) is 5.12. The summed E-state index contributed by atoms with van der Waals surface area (Å²) >= 11 is 0. The maximum absolute atomic E-state index is 11.4. The van der Waals surface area contributed by atoms with E-state index >= 15 is 0 Å². The first-order valence-corrected chi connectivity index (χ1v) is 9.98. The van der Waals surface area contributed by atoms with E-state index in [2.05, 4.69) is 31.0 Å². The molecule has 0 aliphatic heterocycles. The van der Waals surface area contributed by atoms with Gasteiger partial charge in [-0.3, -0.25) is 0 Å². The largest absolute Gasteiger partial charge is 0.432 e. The molecule has 1 aromatic rings. The van der Waals surface area contributed by atoms with Gasteiger partial charge >= 0.3 is 5.95 Å². The van der Waals surface area contributed by atoms with E-state index in [0.717, 1.165) is 6.42 Å². The molecule has 0 aliphatic carbocycles. The Morgan fingerprint density at radius 3 is 2.20 bits per heavy atom. The summed E-state index contributed by atoms with van der Waals surface area (Å²) in [5.41, 5.74) is -0.653. The summed E-state index contributed by atoms with van der Waals surface area (Å²) in [5.74, 6) is -0.360. The standard InChI is InChI=1S/C18H33N7O5/c1-6-30-12-15(24-27)18(4,5)21-9-7-8-20-17(2,3)14(23-26)10-13-11-19-16(22-13)25(28)29/h11,14-15,20-21H,6-10,12H2,1-5H3,(H,19,22). The van der Waals surface area contributed by atoms with E-state index in [1.54, 1.807) is 0 Å². The van der Waals surface area contributed by atoms with Crippen molar-refractivity contribution >= 4 is 5.95 Å². The van der Waals surface area contributed by atoms with Crippen LogP contribution in [-0.2, 0) is 11.2 Å². The fourth-order valence-corrected chi connectivity index (χ4v) is 2.92. The summed E-state index contributed by atoms with van der Waals surface area (Å²) < 4.78 is 5.32. The van der Waals surface area contributed by atoms with Crippen molar-refractivity contribution in [2.24, 2.45) is 10.4 Å². The smallest absolute Gasteiger partial charge is 0.390 e. The molecule has 0 saturated heterocycles. The van der Waals surface area contributed by atoms with Gasteiger partial charge in [-0.25, -0.2) is 4.98 Å². The molecule has 12 nitrogen and oxygen atoms in total. The van der Waals surface area contributed by atoms with Crippen LogP contribution in [0.3, 0.4) is 0 Å². The minimum absolute atomic E-state index is 0.208. The van der Waals surface area contributed by atoms with Gasteiger partial charge in [0, 0.05) is 24.1 Å². The third-order valence-corrected chi connectivity index (χ3v) is 5.12. The maximum atomic E-state index is 11.4. The lowest BCUT2D eigenvalue weighted by Crippen LogP contribution is -2.52. The molecule has 0 amide bonds. The van der Waals surface area contributed by atoms with Crippen molar-refractivity contribution in [2.75, 3.05) is 26.3 Å². The van der Waals surface area contributed by atoms with Crippen LogP contribution < -0.4 is 10.6 Å². The number of nitrogens with one attached hydrogen (secondary N) is 3. The Kier molecular flexibility index (Phi) is 10.1. The Bertz CT molecular complexity index is 692. The predicted molar refractivity (Wildman–Crippen MR) is 113 cm³/mol. The van der Waals surface area contributed by atoms with Gasteiger partial charge < -0.3 is 25.5 Å². The topological polar surface area (TPSA) is 164 Å². The number of rotatable bonds is 16. The van der Waals surface area contributed by atoms with Crippen LogP contribution in [0.25, 0.3) is 0 Å². The summed E-state index contributed by atoms with van der Waals surface area (Å²) in [6.45, 7) is 11.4. The Hall–Kier alpha value is -2.31. The number of nitroso groups, excluding NO2 is 2. The highest BCUT2D eigenvalue weighted by molar-refractivity contribution is 5.13. The van der Waals surface area contributed by atoms with Crippen molar-refractivity contribution in [3.8, 4) is 0 Å². The van der Waals surface area contributed by atoms with E-state index in [1.807, 2.05) is 34.6 Å². The normalized spacial score (nSPS) is 14.3. The average Bonchev–Trinajstić information content (AvgIpc) is 3.15. The third kappa shape index (κ3) is 7.84. The molecule has 1 aromatic heterocycles. The van der Waals surface area contributed by atoms with Gasteiger partial charge in [0.25, 0.3) is 0 Å². The SMILES string of the molecule is CCOCC(N=O)C(C)(C)NCCCNC(C)(C)C(Cc1cnc([N+](=O)[O-])[nH]1)N=O. The Morgan fingerprint density at radius 1 is 1.17 bits per heavy atom. The molecule has 0 saturated carbocycles. The summed E-state index contributed by atoms with van der Waals surface area (Å²) in [7, 11) is 0. The molecular formula is C18H33N7O5. The highest BCUT2D eigenvalue weighted by Crippen LogP contribution is 2.19. The highest BCUT2D eigenvalue weighted by atomic mass is 16.6. The molecule has 0 fully saturated rings. The first-order valence-electron chi connectivity index (χ1n) is 9.98. The molecule has 170 valence electrons. The lowest BCUT2D eigenvalue weighted by atomic mass is 9.91. The summed E-state index contributed by atoms with van der Waals surface area (Å²) in [4.78, 5) is 38.9. The molecule has 0 radical (unpaired) electrons. The minimum Gasteiger partial charge on any atom is -0.390 e. The van der Waals surface area contributed by atoms with E-state index in [1.165, 1.54) is 6.20 Å². The number of ether oxygens (including phenoxy) is 1. The van der Waals surface area contributed by atoms with Crippen LogP contribution >= 0.6 is 0 Å². The van der Waals surface area contributed by atoms with E-state index in [4.69, 9.17) is 4.74 Å². The number of nitrogens with zero attached hydrogens (tertiary/aromatic N) is 4. The first kappa shape index (κ1) is 25.7. The molecule has 1 heterocycles. The van der Waals surface area contributed by atoms with Crippen LogP contribution in [0, 0.1) is 19.9 Å². The maximum Gasteiger partial charge on any atom is 0.432 e. The van der Waals surface area contributed by atoms with Crippen molar-refractivity contribution < 1.29 is 9.66 Å². The number of imidazole rings is 1. The zero-order valence-corrected chi connectivity index (χ0v) is 18.3. The van der Waals surface area contributed by atoms with Gasteiger partial charge in [-0.1, -0.05) is 15.3 Å². The zero-order chi connectivity index (χ0) is 22.8. The second kappa shape index (κ2) is 11.8. The van der Waals surface area contributed by atoms with Crippen molar-refractivity contribution in [1.82, 2.24) is 20.6 Å². The van der Waals surface area contributed by atoms with Gasteiger partial charge in [-0.2, -0.15) is 9.81 Å². The first-order chi connectivity index (χ1) is 14.1. The highest BCUT2D eigenvalue weighted by Gasteiger charge is 2.33. The number of hydrogen-bond donors (Lipinski definition) is 3. The lowest BCUT2D eigenvalue weighted by Gasteiger charge is -2.32. The molecule has 2 atom stereocenters. The van der Waals surface area contributed by atoms with Gasteiger partial charge in [0.1, 0.15) is 24.0 Å². The van der Waals surface area contributed by atoms with Crippen molar-refractivity contribution in [1.29, 1.82) is 0 Å². The fraction of sp³-hybridized carbons (Fsp3) is 0.833. The van der Waals surface area contributed by atoms with E-state index in [9.17, 15) is 19.9 Å². The van der Waals surface area contributed by atoms with Crippen LogP contribution in [0.1, 0.15) is 46.7 Å². The van der Waals surface area contributed by atoms with Crippen molar-refractivity contribution in [3.63, 3.8) is 0 Å². The molecule has 0 spiro atoms. The van der Waals surface area contributed by atoms with Crippen LogP contribution in [0.2, 0.25) is 0 Å². The minimum atomic E-state index is -0.642. The number of aromatic nitrogens is 2. The van der Waals surface area contributed by atoms with Gasteiger partial charge in [0.15, 0.2) is 0 Å². The molecule has 3 N–H and O–H groups in total. The van der Waals surface area contributed by atoms with E-state index in [-0.39, 0.29) is 19.0 Å². The molecule has 30 heavy (non-hydrogen) atoms. The number of H-pyrrole nitrogens is 1. The average molecular weight is 428 g/mol. The number of aromatic amines is 1. The molecular weight excluding hydrogens is 394 g/mol. The van der Waals surface area contributed by atoms with Crippen molar-refractivity contribution in [3.05, 3.63) is 31.8 Å². The van der Waals surface area contributed by atoms with Gasteiger partial charge in [-0.05, 0) is 59.1 Å². The van der Waals surface area contributed by atoms with Crippen LogP contribution in [0.15, 0.2) is 16.6 Å². The Morgan fingerprint density at radius 2 is 1.73 bits per heavy atom. The molecule has 0 aromatic carbocycles. The Balaban J connectivity index is 2.49. The number of hydrogen-bond acceptors (Lipinski definition) is 10. The summed E-state index contributed by atoms with van der Waals surface area (Å²) in [6.07, 6.45) is 2.30. The summed E-state index contributed by atoms with van der Waals surface area (Å²) in [6, 6.07) is -1.14. The zero-order valence-electron chi connectivity index (χ0n) is 18.3. The number of nitro groups is 1. The Labute approximate surface area is 176 Å². The van der Waals surface area contributed by atoms with Gasteiger partial charge in [0.05, 0.1) is 6.61 Å². The van der Waals surface area contributed by atoms with E-state index < -0.39 is 28.1 Å². The molecule has 2 unspecified atom stereocenters. The van der Waals surface area contributed by atoms with E-state index in [0.29, 0.717) is 25.4 Å². The van der Waals surface area contributed by atoms with Crippen molar-refractivity contribution in [2.45, 2.75) is 70.6 Å². The van der Waals surface area contributed by atoms with Crippen LogP contribution in [0.4, 0.5) is 5.95 Å². The monoisotopic (exact) mass is 427 g/mol. The predicted octanol–water partition coefficient (Wildman–Crippen LogP) is 2.29. The summed E-state index contributed by atoms with van der Waals surface area (Å²) in [5, 5.41) is 23.7. The van der Waals surface area contributed by atoms with Gasteiger partial charge in [0.2, 0.25) is 0 Å². The molecule has 1 rings (SSSR count). The quantitative estimate of drug-likeness (QED) is 0.156. The second-order valence-electron chi connectivity index (χ2n) is 8.25. The van der Waals surface area contributed by atoms with Gasteiger partial charge in [-0.15, -0.1) is 0 Å². The fourth-order valence-electron chi connectivity index (χ4n) is 2.92. The second-order valence-corrected chi connectivity index (χ2v) is 8.25.